The average molecular weight is 106 g/mol. The summed E-state index contributed by atoms with van der Waals surface area (Å²) in [6, 6.07) is 3.95. The molecule has 0 aromatic heterocycles. The van der Waals surface area contributed by atoms with Crippen LogP contribution in [0.25, 0.3) is 0 Å². The standard InChI is InChI=1S/C6H6N2/c7-5-3-1-2-4(3)6(5)8/h1-2H,7-8H2. The predicted octanol–water partition coefficient (Wildman–Crippen LogP) is 0.451. The molecule has 0 radical (unpaired) electrons. The van der Waals surface area contributed by atoms with Crippen molar-refractivity contribution in [2.75, 3.05) is 11.5 Å². The van der Waals surface area contributed by atoms with Gasteiger partial charge in [0.1, 0.15) is 0 Å². The largest absolute Gasteiger partial charge is 0.397 e. The smallest absolute Gasteiger partial charge is 0.0634 e. The van der Waals surface area contributed by atoms with Crippen molar-refractivity contribution in [3.8, 4) is 0 Å². The zero-order chi connectivity index (χ0) is 5.72. The number of anilines is 2. The van der Waals surface area contributed by atoms with Crippen molar-refractivity contribution in [2.24, 2.45) is 0 Å². The van der Waals surface area contributed by atoms with Gasteiger partial charge in [-0.05, 0) is 0 Å². The minimum Gasteiger partial charge on any atom is -0.397 e. The molecule has 0 amide bonds. The van der Waals surface area contributed by atoms with Crippen molar-refractivity contribution < 1.29 is 0 Å². The highest BCUT2D eigenvalue weighted by atomic mass is 14.7. The summed E-state index contributed by atoms with van der Waals surface area (Å²) in [4.78, 5) is 0. The molecule has 0 aromatic rings. The van der Waals surface area contributed by atoms with Gasteiger partial charge in [-0.3, -0.25) is 0 Å². The second kappa shape index (κ2) is 0.823. The van der Waals surface area contributed by atoms with E-state index in [1.54, 1.807) is 0 Å². The minimum atomic E-state index is 0.766. The summed E-state index contributed by atoms with van der Waals surface area (Å²) >= 11 is 0. The van der Waals surface area contributed by atoms with E-state index in [9.17, 15) is 0 Å². The lowest BCUT2D eigenvalue weighted by Gasteiger charge is -2.10. The molecule has 0 saturated heterocycles. The Morgan fingerprint density at radius 3 is 1.38 bits per heavy atom. The molecule has 2 heteroatoms. The molecule has 0 heterocycles. The summed E-state index contributed by atoms with van der Waals surface area (Å²) < 4.78 is 0. The number of hydrogen-bond acceptors (Lipinski definition) is 2. The Morgan fingerprint density at radius 2 is 1.25 bits per heavy atom. The number of rotatable bonds is 0. The summed E-state index contributed by atoms with van der Waals surface area (Å²) in [7, 11) is 0. The maximum Gasteiger partial charge on any atom is 0.0634 e. The van der Waals surface area contributed by atoms with E-state index in [4.69, 9.17) is 11.5 Å². The van der Waals surface area contributed by atoms with Gasteiger partial charge < -0.3 is 11.5 Å². The third-order valence-electron chi connectivity index (χ3n) is 1.58. The Hall–Kier alpha value is -1.18. The van der Waals surface area contributed by atoms with Crippen molar-refractivity contribution in [3.63, 3.8) is 0 Å². The van der Waals surface area contributed by atoms with Crippen molar-refractivity contribution in [2.45, 2.75) is 0 Å². The summed E-state index contributed by atoms with van der Waals surface area (Å²) in [5.41, 5.74) is 12.4. The van der Waals surface area contributed by atoms with E-state index < -0.39 is 0 Å². The van der Waals surface area contributed by atoms with Gasteiger partial charge in [-0.15, -0.1) is 0 Å². The van der Waals surface area contributed by atoms with E-state index >= 15 is 0 Å². The van der Waals surface area contributed by atoms with E-state index in [1.807, 2.05) is 12.1 Å². The normalized spacial score (nSPS) is 11.5. The minimum absolute atomic E-state index is 0.766. The van der Waals surface area contributed by atoms with Crippen molar-refractivity contribution in [3.05, 3.63) is 22.6 Å². The van der Waals surface area contributed by atoms with Crippen LogP contribution in [0.1, 0.15) is 0 Å². The molecule has 2 nitrogen and oxygen atoms in total. The van der Waals surface area contributed by atoms with Crippen molar-refractivity contribution in [1.82, 2.24) is 0 Å². The zero-order valence-electron chi connectivity index (χ0n) is 4.31. The van der Waals surface area contributed by atoms with E-state index in [-0.39, 0.29) is 0 Å². The number of hydrogen-bond donors (Lipinski definition) is 2. The summed E-state index contributed by atoms with van der Waals surface area (Å²) in [5, 5.41) is 2.28. The van der Waals surface area contributed by atoms with E-state index in [0.717, 1.165) is 21.8 Å². The van der Waals surface area contributed by atoms with Crippen LogP contribution in [0.5, 0.6) is 0 Å². The molecule has 2 aliphatic rings. The Morgan fingerprint density at radius 1 is 0.875 bits per heavy atom. The van der Waals surface area contributed by atoms with Gasteiger partial charge in [0.05, 0.1) is 11.4 Å². The monoisotopic (exact) mass is 106 g/mol. The van der Waals surface area contributed by atoms with Crippen LogP contribution in [0.15, 0.2) is 12.1 Å². The van der Waals surface area contributed by atoms with Crippen LogP contribution in [-0.2, 0) is 0 Å². The van der Waals surface area contributed by atoms with Gasteiger partial charge in [-0.1, -0.05) is 12.1 Å². The molecule has 2 rings (SSSR count). The molecule has 8 heavy (non-hydrogen) atoms. The van der Waals surface area contributed by atoms with Gasteiger partial charge >= 0.3 is 0 Å². The van der Waals surface area contributed by atoms with Crippen LogP contribution in [0, 0.1) is 10.4 Å². The molecule has 4 N–H and O–H groups in total. The Balaban J connectivity index is 2.94. The molecule has 0 aromatic carbocycles. The average Bonchev–Trinajstić information content (AvgIpc) is 1.64. The number of nitrogen functional groups attached to an aromatic ring is 2. The number of nitrogens with two attached hydrogens (primary N) is 2. The van der Waals surface area contributed by atoms with Crippen LogP contribution >= 0.6 is 0 Å². The third kappa shape index (κ3) is 0.179. The molecule has 40 valence electrons. The maximum atomic E-state index is 5.45. The molecular formula is C6H6N2. The van der Waals surface area contributed by atoms with Gasteiger partial charge in [-0.2, -0.15) is 0 Å². The summed E-state index contributed by atoms with van der Waals surface area (Å²) in [6.45, 7) is 0. The van der Waals surface area contributed by atoms with E-state index in [0.29, 0.717) is 0 Å². The fourth-order valence-electron chi connectivity index (χ4n) is 0.947. The molecule has 0 aliphatic heterocycles. The topological polar surface area (TPSA) is 52.0 Å². The van der Waals surface area contributed by atoms with Crippen LogP contribution in [0.4, 0.5) is 11.4 Å². The van der Waals surface area contributed by atoms with Crippen LogP contribution in [0.3, 0.4) is 0 Å². The van der Waals surface area contributed by atoms with Gasteiger partial charge in [0.2, 0.25) is 0 Å². The SMILES string of the molecule is Nc1c(N)c2ccc1=2. The highest BCUT2D eigenvalue weighted by Gasteiger charge is 2.08. The molecule has 0 fully saturated rings. The van der Waals surface area contributed by atoms with E-state index in [2.05, 4.69) is 0 Å². The molecule has 0 spiro atoms. The molecule has 0 bridgehead atoms. The lowest BCUT2D eigenvalue weighted by Crippen LogP contribution is -2.04. The van der Waals surface area contributed by atoms with Gasteiger partial charge in [0.25, 0.3) is 0 Å². The highest BCUT2D eigenvalue weighted by molar-refractivity contribution is 5.73. The van der Waals surface area contributed by atoms with Gasteiger partial charge in [-0.25, -0.2) is 0 Å². The molecule has 0 unspecified atom stereocenters. The number of benzene rings is 1. The lowest BCUT2D eigenvalue weighted by molar-refractivity contribution is 1.39. The predicted molar refractivity (Wildman–Crippen MR) is 32.9 cm³/mol. The second-order valence-electron chi connectivity index (χ2n) is 1.99. The Kier molecular flexibility index (Phi) is 0.388. The quantitative estimate of drug-likeness (QED) is 0.479. The van der Waals surface area contributed by atoms with E-state index in [1.165, 1.54) is 0 Å². The van der Waals surface area contributed by atoms with Gasteiger partial charge in [0.15, 0.2) is 0 Å². The molecule has 0 atom stereocenters. The lowest BCUT2D eigenvalue weighted by atomic mass is 10.0. The molecule has 0 saturated carbocycles. The van der Waals surface area contributed by atoms with Crippen LogP contribution in [0.2, 0.25) is 0 Å². The van der Waals surface area contributed by atoms with Gasteiger partial charge in [0, 0.05) is 10.4 Å². The first-order valence-corrected chi connectivity index (χ1v) is 2.49. The van der Waals surface area contributed by atoms with Crippen molar-refractivity contribution in [1.29, 1.82) is 0 Å². The summed E-state index contributed by atoms with van der Waals surface area (Å²) in [6.07, 6.45) is 0. The fraction of sp³-hybridized carbons (Fsp3) is 0. The highest BCUT2D eigenvalue weighted by Crippen LogP contribution is 2.27. The zero-order valence-corrected chi connectivity index (χ0v) is 4.31. The van der Waals surface area contributed by atoms with Crippen LogP contribution < -0.4 is 11.5 Å². The fourth-order valence-corrected chi connectivity index (χ4v) is 0.947. The third-order valence-corrected chi connectivity index (χ3v) is 1.58. The molecule has 2 aliphatic carbocycles. The van der Waals surface area contributed by atoms with Crippen LogP contribution in [-0.4, -0.2) is 0 Å². The Bertz CT molecular complexity index is 294. The first-order chi connectivity index (χ1) is 3.80. The second-order valence-corrected chi connectivity index (χ2v) is 1.99. The first kappa shape index (κ1) is 3.78. The first-order valence-electron chi connectivity index (χ1n) is 2.49. The maximum absolute atomic E-state index is 5.45. The Labute approximate surface area is 46.4 Å². The summed E-state index contributed by atoms with van der Waals surface area (Å²) in [5.74, 6) is 0. The van der Waals surface area contributed by atoms with Crippen molar-refractivity contribution >= 4 is 11.4 Å². The molecular weight excluding hydrogens is 100 g/mol.